The fourth-order valence-corrected chi connectivity index (χ4v) is 2.69. The number of para-hydroxylation sites is 2. The first-order chi connectivity index (χ1) is 13.2. The third-order valence-electron chi connectivity index (χ3n) is 3.98. The normalized spacial score (nSPS) is 10.3. The zero-order valence-corrected chi connectivity index (χ0v) is 15.4. The summed E-state index contributed by atoms with van der Waals surface area (Å²) in [5, 5.41) is 6.09. The lowest BCUT2D eigenvalue weighted by Crippen LogP contribution is -2.27. The second kappa shape index (κ2) is 8.80. The minimum absolute atomic E-state index is 0.223. The van der Waals surface area contributed by atoms with Gasteiger partial charge in [-0.2, -0.15) is 0 Å². The van der Waals surface area contributed by atoms with Crippen LogP contribution in [0.2, 0.25) is 0 Å². The van der Waals surface area contributed by atoms with Crippen LogP contribution in [-0.2, 0) is 6.42 Å². The first kappa shape index (κ1) is 18.4. The van der Waals surface area contributed by atoms with Gasteiger partial charge in [-0.1, -0.05) is 42.5 Å². The fourth-order valence-electron chi connectivity index (χ4n) is 2.69. The van der Waals surface area contributed by atoms with Gasteiger partial charge in [-0.15, -0.1) is 0 Å². The van der Waals surface area contributed by atoms with E-state index in [1.807, 2.05) is 54.6 Å². The van der Waals surface area contributed by atoms with E-state index in [2.05, 4.69) is 20.6 Å². The number of aryl methyl sites for hydroxylation is 1. The van der Waals surface area contributed by atoms with Crippen molar-refractivity contribution >= 4 is 17.4 Å². The van der Waals surface area contributed by atoms with Gasteiger partial charge in [0.2, 0.25) is 0 Å². The first-order valence-electron chi connectivity index (χ1n) is 8.73. The quantitative estimate of drug-likeness (QED) is 0.673. The van der Waals surface area contributed by atoms with Gasteiger partial charge < -0.3 is 15.4 Å². The SMILES string of the molecule is COc1ccccc1Nc1cc(C(=O)NCCc2ccccc2)nc(C)n1. The number of amides is 1. The Hall–Kier alpha value is -3.41. The van der Waals surface area contributed by atoms with Gasteiger partial charge in [-0.25, -0.2) is 9.97 Å². The number of hydrogen-bond donors (Lipinski definition) is 2. The Kier molecular flexibility index (Phi) is 5.99. The van der Waals surface area contributed by atoms with Gasteiger partial charge in [0, 0.05) is 12.6 Å². The molecule has 0 fully saturated rings. The topological polar surface area (TPSA) is 76.1 Å². The van der Waals surface area contributed by atoms with E-state index in [4.69, 9.17) is 4.74 Å². The first-order valence-corrected chi connectivity index (χ1v) is 8.73. The average Bonchev–Trinajstić information content (AvgIpc) is 2.68. The molecule has 2 aromatic carbocycles. The lowest BCUT2D eigenvalue weighted by molar-refractivity contribution is 0.0949. The van der Waals surface area contributed by atoms with Crippen molar-refractivity contribution in [3.63, 3.8) is 0 Å². The van der Waals surface area contributed by atoms with Gasteiger partial charge in [0.15, 0.2) is 0 Å². The molecule has 0 saturated heterocycles. The van der Waals surface area contributed by atoms with E-state index in [0.29, 0.717) is 29.6 Å². The molecular weight excluding hydrogens is 340 g/mol. The van der Waals surface area contributed by atoms with Crippen LogP contribution >= 0.6 is 0 Å². The number of benzene rings is 2. The minimum Gasteiger partial charge on any atom is -0.495 e. The second-order valence-electron chi connectivity index (χ2n) is 6.00. The lowest BCUT2D eigenvalue weighted by atomic mass is 10.1. The number of rotatable bonds is 7. The number of nitrogens with one attached hydrogen (secondary N) is 2. The van der Waals surface area contributed by atoms with Crippen molar-refractivity contribution in [2.75, 3.05) is 19.0 Å². The molecule has 6 heteroatoms. The van der Waals surface area contributed by atoms with Gasteiger partial charge in [0.25, 0.3) is 5.91 Å². The van der Waals surface area contributed by atoms with E-state index in [1.165, 1.54) is 5.56 Å². The standard InChI is InChI=1S/C21H22N4O2/c1-15-23-18(21(26)22-13-12-16-8-4-3-5-9-16)14-20(24-15)25-17-10-6-7-11-19(17)27-2/h3-11,14H,12-13H2,1-2H3,(H,22,26)(H,23,24,25). The maximum atomic E-state index is 12.5. The summed E-state index contributed by atoms with van der Waals surface area (Å²) >= 11 is 0. The molecule has 138 valence electrons. The van der Waals surface area contributed by atoms with Gasteiger partial charge in [-0.3, -0.25) is 4.79 Å². The Morgan fingerprint density at radius 3 is 2.56 bits per heavy atom. The molecule has 0 aliphatic rings. The number of hydrogen-bond acceptors (Lipinski definition) is 5. The number of carbonyl (C=O) groups excluding carboxylic acids is 1. The Morgan fingerprint density at radius 1 is 1.04 bits per heavy atom. The zero-order chi connectivity index (χ0) is 19.1. The molecule has 0 aliphatic heterocycles. The molecule has 1 heterocycles. The third-order valence-corrected chi connectivity index (χ3v) is 3.98. The van der Waals surface area contributed by atoms with E-state index < -0.39 is 0 Å². The molecule has 0 atom stereocenters. The van der Waals surface area contributed by atoms with Crippen LogP contribution in [0.25, 0.3) is 0 Å². The highest BCUT2D eigenvalue weighted by Crippen LogP contribution is 2.26. The van der Waals surface area contributed by atoms with Crippen LogP contribution in [0.3, 0.4) is 0 Å². The second-order valence-corrected chi connectivity index (χ2v) is 6.00. The Balaban J connectivity index is 1.68. The number of carbonyl (C=O) groups is 1. The summed E-state index contributed by atoms with van der Waals surface area (Å²) in [6.07, 6.45) is 0.767. The van der Waals surface area contributed by atoms with Crippen LogP contribution in [0, 0.1) is 6.92 Å². The van der Waals surface area contributed by atoms with Gasteiger partial charge >= 0.3 is 0 Å². The molecule has 0 aliphatic carbocycles. The highest BCUT2D eigenvalue weighted by Gasteiger charge is 2.11. The summed E-state index contributed by atoms with van der Waals surface area (Å²) in [6, 6.07) is 19.2. The molecule has 27 heavy (non-hydrogen) atoms. The molecule has 3 rings (SSSR count). The number of aromatic nitrogens is 2. The maximum absolute atomic E-state index is 12.5. The largest absolute Gasteiger partial charge is 0.495 e. The average molecular weight is 362 g/mol. The molecule has 6 nitrogen and oxygen atoms in total. The molecule has 1 amide bonds. The Labute approximate surface area is 158 Å². The number of anilines is 2. The Morgan fingerprint density at radius 2 is 1.78 bits per heavy atom. The van der Waals surface area contributed by atoms with E-state index in [0.717, 1.165) is 12.1 Å². The smallest absolute Gasteiger partial charge is 0.270 e. The van der Waals surface area contributed by atoms with Crippen molar-refractivity contribution in [3.8, 4) is 5.75 Å². The summed E-state index contributed by atoms with van der Waals surface area (Å²) in [7, 11) is 1.61. The molecule has 0 bridgehead atoms. The predicted octanol–water partition coefficient (Wildman–Crippen LogP) is 3.51. The van der Waals surface area contributed by atoms with Crippen molar-refractivity contribution in [2.45, 2.75) is 13.3 Å². The molecule has 2 N–H and O–H groups in total. The number of nitrogens with zero attached hydrogens (tertiary/aromatic N) is 2. The fraction of sp³-hybridized carbons (Fsp3) is 0.190. The van der Waals surface area contributed by atoms with Crippen molar-refractivity contribution in [3.05, 3.63) is 77.7 Å². The van der Waals surface area contributed by atoms with Crippen molar-refractivity contribution < 1.29 is 9.53 Å². The summed E-state index contributed by atoms with van der Waals surface area (Å²) in [6.45, 7) is 2.30. The molecule has 1 aromatic heterocycles. The number of ether oxygens (including phenoxy) is 1. The van der Waals surface area contributed by atoms with Crippen LogP contribution in [-0.4, -0.2) is 29.5 Å². The van der Waals surface area contributed by atoms with E-state index in [1.54, 1.807) is 20.1 Å². The van der Waals surface area contributed by atoms with E-state index in [9.17, 15) is 4.79 Å². The molecule has 0 saturated carbocycles. The predicted molar refractivity (Wildman–Crippen MR) is 106 cm³/mol. The van der Waals surface area contributed by atoms with Crippen LogP contribution in [0.15, 0.2) is 60.7 Å². The molecule has 0 radical (unpaired) electrons. The maximum Gasteiger partial charge on any atom is 0.270 e. The molecule has 0 unspecified atom stereocenters. The zero-order valence-electron chi connectivity index (χ0n) is 15.4. The van der Waals surface area contributed by atoms with Crippen molar-refractivity contribution in [1.82, 2.24) is 15.3 Å². The van der Waals surface area contributed by atoms with Gasteiger partial charge in [0.1, 0.15) is 23.1 Å². The summed E-state index contributed by atoms with van der Waals surface area (Å²) in [5.74, 6) is 1.53. The highest BCUT2D eigenvalue weighted by molar-refractivity contribution is 5.93. The van der Waals surface area contributed by atoms with Gasteiger partial charge in [0.05, 0.1) is 12.8 Å². The van der Waals surface area contributed by atoms with Crippen LogP contribution in [0.5, 0.6) is 5.75 Å². The summed E-state index contributed by atoms with van der Waals surface area (Å²) < 4.78 is 5.34. The van der Waals surface area contributed by atoms with Crippen LogP contribution < -0.4 is 15.4 Å². The number of methoxy groups -OCH3 is 1. The monoisotopic (exact) mass is 362 g/mol. The van der Waals surface area contributed by atoms with Gasteiger partial charge in [-0.05, 0) is 31.0 Å². The summed E-state index contributed by atoms with van der Waals surface area (Å²) in [4.78, 5) is 21.1. The molecular formula is C21H22N4O2. The van der Waals surface area contributed by atoms with Crippen LogP contribution in [0.4, 0.5) is 11.5 Å². The molecule has 3 aromatic rings. The van der Waals surface area contributed by atoms with Crippen LogP contribution in [0.1, 0.15) is 21.9 Å². The van der Waals surface area contributed by atoms with Crippen molar-refractivity contribution in [2.24, 2.45) is 0 Å². The lowest BCUT2D eigenvalue weighted by Gasteiger charge is -2.12. The minimum atomic E-state index is -0.223. The third kappa shape index (κ3) is 5.04. The highest BCUT2D eigenvalue weighted by atomic mass is 16.5. The van der Waals surface area contributed by atoms with E-state index >= 15 is 0 Å². The van der Waals surface area contributed by atoms with Crippen molar-refractivity contribution in [1.29, 1.82) is 0 Å². The molecule has 0 spiro atoms. The Bertz CT molecular complexity index is 913. The summed E-state index contributed by atoms with van der Waals surface area (Å²) in [5.41, 5.74) is 2.27. The van der Waals surface area contributed by atoms with E-state index in [-0.39, 0.29) is 5.91 Å².